The number of hydrogen-bond donors (Lipinski definition) is 3. The van der Waals surface area contributed by atoms with Crippen LogP contribution < -0.4 is 10.2 Å². The maximum atomic E-state index is 11.2. The van der Waals surface area contributed by atoms with Crippen LogP contribution in [-0.4, -0.2) is 82.5 Å². The minimum absolute atomic E-state index is 0. The summed E-state index contributed by atoms with van der Waals surface area (Å²) in [5.74, 6) is -1.96. The van der Waals surface area contributed by atoms with Crippen molar-refractivity contribution < 1.29 is 41.0 Å². The molecule has 36 heavy (non-hydrogen) atoms. The summed E-state index contributed by atoms with van der Waals surface area (Å²) in [6.45, 7) is 2.91. The molecule has 1 rings (SSSR count). The molecule has 0 fully saturated rings. The molecule has 0 heterocycles. The Balaban J connectivity index is -0.000000174. The predicted molar refractivity (Wildman–Crippen MR) is 141 cm³/mol. The largest absolute Gasteiger partial charge is 3.00 e. The van der Waals surface area contributed by atoms with Gasteiger partial charge in [0, 0.05) is 32.7 Å². The van der Waals surface area contributed by atoms with Gasteiger partial charge >= 0.3 is 29.3 Å². The van der Waals surface area contributed by atoms with Gasteiger partial charge in [-0.2, -0.15) is 0 Å². The molecule has 0 spiro atoms. The van der Waals surface area contributed by atoms with E-state index in [4.69, 9.17) is 10.2 Å². The Kier molecular flexibility index (Phi) is 35.4. The van der Waals surface area contributed by atoms with E-state index in [1.165, 1.54) is 51.4 Å². The van der Waals surface area contributed by atoms with E-state index in [0.717, 1.165) is 18.5 Å². The fourth-order valence-electron chi connectivity index (χ4n) is 3.07. The number of amides is 1. The number of rotatable bonds is 16. The van der Waals surface area contributed by atoms with Gasteiger partial charge in [-0.3, -0.25) is 9.59 Å². The van der Waals surface area contributed by atoms with Gasteiger partial charge in [-0.1, -0.05) is 70.8 Å². The molecule has 0 bridgehead atoms. The first-order valence-corrected chi connectivity index (χ1v) is 11.8. The third-order valence-corrected chi connectivity index (χ3v) is 5.03. The van der Waals surface area contributed by atoms with Crippen LogP contribution in [0.5, 0.6) is 0 Å². The Labute approximate surface area is 226 Å². The number of carboxylic acid groups (broad SMARTS) is 2. The number of carboxylic acids is 2. The Hall–Kier alpha value is -2.16. The smallest absolute Gasteiger partial charge is 0.870 e. The molecule has 6 N–H and O–H groups in total. The van der Waals surface area contributed by atoms with E-state index in [2.05, 4.69) is 12.2 Å². The number of aliphatic carboxylic acids is 1. The molecular weight excluding hydrogens is 483 g/mol. The van der Waals surface area contributed by atoms with Crippen molar-refractivity contribution in [1.82, 2.24) is 5.32 Å². The number of unbranched alkanes of at least 4 members (excludes halogenated alkanes) is 9. The van der Waals surface area contributed by atoms with Crippen molar-refractivity contribution in [3.8, 4) is 0 Å². The van der Waals surface area contributed by atoms with Gasteiger partial charge in [-0.05, 0) is 24.6 Å². The number of hydrogen-bond acceptors (Lipinski definition) is 7. The second-order valence-electron chi connectivity index (χ2n) is 8.18. The third kappa shape index (κ3) is 26.4. The summed E-state index contributed by atoms with van der Waals surface area (Å²) in [6.07, 6.45) is 12.8. The molecule has 0 saturated carbocycles. The van der Waals surface area contributed by atoms with Gasteiger partial charge in [-0.25, -0.2) is 4.79 Å². The molecule has 1 aromatic carbocycles. The molecule has 0 saturated heterocycles. The van der Waals surface area contributed by atoms with Crippen molar-refractivity contribution in [3.63, 3.8) is 0 Å². The fourth-order valence-corrected chi connectivity index (χ4v) is 3.07. The van der Waals surface area contributed by atoms with Crippen molar-refractivity contribution in [1.29, 1.82) is 0 Å². The van der Waals surface area contributed by atoms with Crippen LogP contribution in [0.1, 0.15) is 94.3 Å². The van der Waals surface area contributed by atoms with Crippen molar-refractivity contribution in [3.05, 3.63) is 29.8 Å². The van der Waals surface area contributed by atoms with Crippen molar-refractivity contribution in [2.45, 2.75) is 84.0 Å². The Morgan fingerprint density at radius 1 is 0.806 bits per heavy atom. The van der Waals surface area contributed by atoms with Crippen LogP contribution in [0.2, 0.25) is 0 Å². The molecule has 11 heteroatoms. The van der Waals surface area contributed by atoms with Gasteiger partial charge in [0.2, 0.25) is 5.91 Å². The SMILES string of the molecule is CCCCCCCCCCCCNC(=O)CCC(=O)O.CN(C)c1cccc(C(=O)O)c1.[Al+3].[OH-].[OH-].[OH-]. The van der Waals surface area contributed by atoms with Gasteiger partial charge in [0.25, 0.3) is 0 Å². The van der Waals surface area contributed by atoms with E-state index < -0.39 is 11.9 Å². The molecule has 0 atom stereocenters. The number of carbonyl (C=O) groups excluding carboxylic acids is 1. The second kappa shape index (κ2) is 29.1. The predicted octanol–water partition coefficient (Wildman–Crippen LogP) is 4.43. The first-order chi connectivity index (χ1) is 15.3. The van der Waals surface area contributed by atoms with Crippen LogP contribution in [0.3, 0.4) is 0 Å². The molecule has 1 aromatic rings. The fraction of sp³-hybridized carbons (Fsp3) is 0.640. The molecule has 1 amide bonds. The monoisotopic (exact) mass is 528 g/mol. The van der Waals surface area contributed by atoms with E-state index in [1.807, 2.05) is 25.1 Å². The molecule has 0 aromatic heterocycles. The number of anilines is 1. The Morgan fingerprint density at radius 3 is 1.75 bits per heavy atom. The van der Waals surface area contributed by atoms with E-state index in [-0.39, 0.29) is 52.5 Å². The summed E-state index contributed by atoms with van der Waals surface area (Å²) in [6, 6.07) is 6.82. The molecule has 206 valence electrons. The van der Waals surface area contributed by atoms with Gasteiger partial charge in [-0.15, -0.1) is 0 Å². The van der Waals surface area contributed by atoms with Crippen molar-refractivity contribution >= 4 is 40.9 Å². The molecular formula is C25H45AlN2O8. The number of nitrogens with zero attached hydrogens (tertiary/aromatic N) is 1. The first-order valence-electron chi connectivity index (χ1n) is 11.8. The molecule has 0 aliphatic rings. The van der Waals surface area contributed by atoms with Crippen LogP contribution >= 0.6 is 0 Å². The molecule has 0 unspecified atom stereocenters. The van der Waals surface area contributed by atoms with E-state index >= 15 is 0 Å². The topological polar surface area (TPSA) is 197 Å². The number of nitrogens with one attached hydrogen (secondary N) is 1. The van der Waals surface area contributed by atoms with E-state index in [1.54, 1.807) is 18.2 Å². The minimum Gasteiger partial charge on any atom is -0.870 e. The Bertz CT molecular complexity index is 675. The quantitative estimate of drug-likeness (QED) is 0.205. The van der Waals surface area contributed by atoms with E-state index in [0.29, 0.717) is 12.1 Å². The Morgan fingerprint density at radius 2 is 1.31 bits per heavy atom. The summed E-state index contributed by atoms with van der Waals surface area (Å²) in [5, 5.41) is 19.9. The van der Waals surface area contributed by atoms with Crippen molar-refractivity contribution in [2.75, 3.05) is 25.5 Å². The second-order valence-corrected chi connectivity index (χ2v) is 8.18. The average Bonchev–Trinajstić information content (AvgIpc) is 2.76. The van der Waals surface area contributed by atoms with Crippen LogP contribution in [-0.2, 0) is 9.59 Å². The van der Waals surface area contributed by atoms with Crippen LogP contribution in [0.4, 0.5) is 5.69 Å². The summed E-state index contributed by atoms with van der Waals surface area (Å²) >= 11 is 0. The maximum Gasteiger partial charge on any atom is 3.00 e. The summed E-state index contributed by atoms with van der Waals surface area (Å²) in [5.41, 5.74) is 1.22. The van der Waals surface area contributed by atoms with E-state index in [9.17, 15) is 14.4 Å². The zero-order chi connectivity index (χ0) is 24.2. The number of carbonyl (C=O) groups is 3. The number of aromatic carboxylic acids is 1. The summed E-state index contributed by atoms with van der Waals surface area (Å²) < 4.78 is 0. The molecule has 10 nitrogen and oxygen atoms in total. The maximum absolute atomic E-state index is 11.2. The van der Waals surface area contributed by atoms with Gasteiger partial charge in [0.15, 0.2) is 0 Å². The molecule has 0 aliphatic carbocycles. The van der Waals surface area contributed by atoms with Crippen LogP contribution in [0, 0.1) is 0 Å². The van der Waals surface area contributed by atoms with Gasteiger partial charge in [0.05, 0.1) is 12.0 Å². The van der Waals surface area contributed by atoms with Crippen molar-refractivity contribution in [2.24, 2.45) is 0 Å². The average molecular weight is 529 g/mol. The van der Waals surface area contributed by atoms with Crippen LogP contribution in [0.15, 0.2) is 24.3 Å². The normalized spacial score (nSPS) is 8.97. The molecule has 0 radical (unpaired) electrons. The van der Waals surface area contributed by atoms with Gasteiger partial charge < -0.3 is 36.9 Å². The van der Waals surface area contributed by atoms with Gasteiger partial charge in [0.1, 0.15) is 0 Å². The number of benzene rings is 1. The molecule has 0 aliphatic heterocycles. The minimum atomic E-state index is -0.918. The third-order valence-electron chi connectivity index (χ3n) is 5.03. The standard InChI is InChI=1S/C16H31NO3.C9H11NO2.Al.3H2O/c1-2-3-4-5-6-7-8-9-10-11-14-17-15(18)12-13-16(19)20;1-10(2)8-5-3-4-7(6-8)9(11)12;;;;/h2-14H2,1H3,(H,17,18)(H,19,20);3-6H,1-2H3,(H,11,12);;3*1H2/q;;+3;;;/p-3. The zero-order valence-electron chi connectivity index (χ0n) is 22.0. The summed E-state index contributed by atoms with van der Waals surface area (Å²) in [7, 11) is 3.75. The van der Waals surface area contributed by atoms with Crippen LogP contribution in [0.25, 0.3) is 0 Å². The summed E-state index contributed by atoms with van der Waals surface area (Å²) in [4.78, 5) is 33.9. The first kappa shape index (κ1) is 43.9. The zero-order valence-corrected chi connectivity index (χ0v) is 23.1.